The zero-order valence-corrected chi connectivity index (χ0v) is 19.1. The van der Waals surface area contributed by atoms with E-state index in [4.69, 9.17) is 21.1 Å². The fraction of sp³-hybridized carbons (Fsp3) is 0.160. The predicted octanol–water partition coefficient (Wildman–Crippen LogP) is 4.34. The number of nitrogens with zero attached hydrogens (tertiary/aromatic N) is 1. The third-order valence-electron chi connectivity index (χ3n) is 4.65. The lowest BCUT2D eigenvalue weighted by Gasteiger charge is -2.11. The second-order valence-electron chi connectivity index (χ2n) is 7.10. The first-order valence-electron chi connectivity index (χ1n) is 10.4. The number of methoxy groups -OCH3 is 1. The van der Waals surface area contributed by atoms with Crippen LogP contribution in [0, 0.1) is 5.82 Å². The number of hydrazone groups is 1. The van der Waals surface area contributed by atoms with Crippen molar-refractivity contribution in [2.24, 2.45) is 5.10 Å². The highest BCUT2D eigenvalue weighted by molar-refractivity contribution is 6.30. The van der Waals surface area contributed by atoms with Gasteiger partial charge in [-0.3, -0.25) is 9.59 Å². The first kappa shape index (κ1) is 24.7. The minimum atomic E-state index is -0.620. The van der Waals surface area contributed by atoms with Crippen molar-refractivity contribution < 1.29 is 23.5 Å². The highest BCUT2D eigenvalue weighted by Gasteiger charge is 2.11. The molecule has 0 aliphatic heterocycles. The van der Waals surface area contributed by atoms with Crippen LogP contribution < -0.4 is 20.2 Å². The van der Waals surface area contributed by atoms with Gasteiger partial charge in [0.1, 0.15) is 12.4 Å². The van der Waals surface area contributed by atoms with E-state index in [0.717, 1.165) is 5.56 Å². The molecule has 0 bridgehead atoms. The number of benzene rings is 3. The zero-order chi connectivity index (χ0) is 24.3. The van der Waals surface area contributed by atoms with Gasteiger partial charge in [0.25, 0.3) is 5.91 Å². The van der Waals surface area contributed by atoms with Crippen LogP contribution in [-0.2, 0) is 11.4 Å². The summed E-state index contributed by atoms with van der Waals surface area (Å²) in [6, 6.07) is 18.2. The van der Waals surface area contributed by atoms with Gasteiger partial charge >= 0.3 is 0 Å². The number of amides is 2. The van der Waals surface area contributed by atoms with E-state index in [-0.39, 0.29) is 18.5 Å². The number of nitrogens with one attached hydrogen (secondary N) is 2. The fourth-order valence-electron chi connectivity index (χ4n) is 2.89. The first-order chi connectivity index (χ1) is 16.5. The van der Waals surface area contributed by atoms with Gasteiger partial charge in [-0.1, -0.05) is 35.9 Å². The zero-order valence-electron chi connectivity index (χ0n) is 18.4. The molecule has 0 atom stereocenters. The largest absolute Gasteiger partial charge is 0.493 e. The van der Waals surface area contributed by atoms with Gasteiger partial charge in [0.2, 0.25) is 5.91 Å². The molecule has 0 aromatic heterocycles. The maximum atomic E-state index is 13.6. The number of halogens is 2. The van der Waals surface area contributed by atoms with Gasteiger partial charge in [-0.2, -0.15) is 5.10 Å². The van der Waals surface area contributed by atoms with Crippen molar-refractivity contribution in [2.75, 3.05) is 13.7 Å². The summed E-state index contributed by atoms with van der Waals surface area (Å²) >= 11 is 5.89. The standard InChI is InChI=1S/C25H23ClFN3O4/c1-33-23-14-18(8-11-22(23)34-16-17-6-9-19(26)10-7-17)15-29-30-24(31)12-13-28-25(32)20-4-2-3-5-21(20)27/h2-11,14-15H,12-13,16H2,1H3,(H,28,32)(H,30,31). The molecule has 0 aliphatic carbocycles. The van der Waals surface area contributed by atoms with E-state index in [1.807, 2.05) is 12.1 Å². The second kappa shape index (κ2) is 12.4. The maximum absolute atomic E-state index is 13.6. The first-order valence-corrected chi connectivity index (χ1v) is 10.7. The van der Waals surface area contributed by atoms with Crippen molar-refractivity contribution in [1.29, 1.82) is 0 Å². The van der Waals surface area contributed by atoms with Crippen LogP contribution in [-0.4, -0.2) is 31.7 Å². The average Bonchev–Trinajstić information content (AvgIpc) is 2.84. The van der Waals surface area contributed by atoms with Crippen molar-refractivity contribution >= 4 is 29.6 Å². The monoisotopic (exact) mass is 483 g/mol. The van der Waals surface area contributed by atoms with Crippen molar-refractivity contribution in [3.05, 3.63) is 94.3 Å². The van der Waals surface area contributed by atoms with E-state index in [1.165, 1.54) is 31.5 Å². The van der Waals surface area contributed by atoms with E-state index in [2.05, 4.69) is 15.8 Å². The Kier molecular flexibility index (Phi) is 8.99. The average molecular weight is 484 g/mol. The van der Waals surface area contributed by atoms with E-state index in [1.54, 1.807) is 36.4 Å². The van der Waals surface area contributed by atoms with Crippen LogP contribution in [0.1, 0.15) is 27.9 Å². The smallest absolute Gasteiger partial charge is 0.254 e. The van der Waals surface area contributed by atoms with Crippen LogP contribution in [0.15, 0.2) is 71.8 Å². The summed E-state index contributed by atoms with van der Waals surface area (Å²) in [5.74, 6) is -0.532. The Morgan fingerprint density at radius 3 is 2.56 bits per heavy atom. The molecular formula is C25H23ClFN3O4. The van der Waals surface area contributed by atoms with Crippen molar-refractivity contribution in [2.45, 2.75) is 13.0 Å². The molecule has 3 aromatic carbocycles. The number of carbonyl (C=O) groups is 2. The molecule has 9 heteroatoms. The van der Waals surface area contributed by atoms with Crippen molar-refractivity contribution in [1.82, 2.24) is 10.7 Å². The molecule has 0 spiro atoms. The molecule has 0 radical (unpaired) electrons. The SMILES string of the molecule is COc1cc(C=NNC(=O)CCNC(=O)c2ccccc2F)ccc1OCc1ccc(Cl)cc1. The molecule has 7 nitrogen and oxygen atoms in total. The highest BCUT2D eigenvalue weighted by atomic mass is 35.5. The Labute approximate surface area is 201 Å². The lowest BCUT2D eigenvalue weighted by molar-refractivity contribution is -0.120. The minimum Gasteiger partial charge on any atom is -0.493 e. The van der Waals surface area contributed by atoms with Gasteiger partial charge in [0, 0.05) is 18.0 Å². The van der Waals surface area contributed by atoms with E-state index < -0.39 is 17.6 Å². The molecule has 34 heavy (non-hydrogen) atoms. The second-order valence-corrected chi connectivity index (χ2v) is 7.54. The van der Waals surface area contributed by atoms with E-state index >= 15 is 0 Å². The Bertz CT molecular complexity index is 1170. The van der Waals surface area contributed by atoms with Crippen LogP contribution in [0.5, 0.6) is 11.5 Å². The predicted molar refractivity (Wildman–Crippen MR) is 128 cm³/mol. The summed E-state index contributed by atoms with van der Waals surface area (Å²) in [7, 11) is 1.53. The third kappa shape index (κ3) is 7.31. The molecule has 0 unspecified atom stereocenters. The summed E-state index contributed by atoms with van der Waals surface area (Å²) in [5, 5.41) is 7.07. The Hall–Kier alpha value is -3.91. The van der Waals surface area contributed by atoms with Gasteiger partial charge in [-0.15, -0.1) is 0 Å². The van der Waals surface area contributed by atoms with Crippen LogP contribution in [0.3, 0.4) is 0 Å². The van der Waals surface area contributed by atoms with Crippen LogP contribution in [0.4, 0.5) is 4.39 Å². The summed E-state index contributed by atoms with van der Waals surface area (Å²) in [6.45, 7) is 0.395. The minimum absolute atomic E-state index is 0.0155. The van der Waals surface area contributed by atoms with Crippen LogP contribution in [0.2, 0.25) is 5.02 Å². The Morgan fingerprint density at radius 1 is 1.06 bits per heavy atom. The molecular weight excluding hydrogens is 461 g/mol. The highest BCUT2D eigenvalue weighted by Crippen LogP contribution is 2.28. The number of hydrogen-bond donors (Lipinski definition) is 2. The molecule has 176 valence electrons. The van der Waals surface area contributed by atoms with Crippen LogP contribution >= 0.6 is 11.6 Å². The normalized spacial score (nSPS) is 10.7. The Balaban J connectivity index is 1.46. The van der Waals surface area contributed by atoms with Gasteiger partial charge < -0.3 is 14.8 Å². The molecule has 3 aromatic rings. The molecule has 0 heterocycles. The third-order valence-corrected chi connectivity index (χ3v) is 4.91. The molecule has 3 rings (SSSR count). The molecule has 0 saturated heterocycles. The van der Waals surface area contributed by atoms with Crippen LogP contribution in [0.25, 0.3) is 0 Å². The van der Waals surface area contributed by atoms with Gasteiger partial charge in [0.15, 0.2) is 11.5 Å². The van der Waals surface area contributed by atoms with Gasteiger partial charge in [0.05, 0.1) is 18.9 Å². The molecule has 0 aliphatic rings. The molecule has 0 fully saturated rings. The molecule has 2 N–H and O–H groups in total. The summed E-state index contributed by atoms with van der Waals surface area (Å²) < 4.78 is 24.8. The van der Waals surface area contributed by atoms with E-state index in [0.29, 0.717) is 28.7 Å². The van der Waals surface area contributed by atoms with Gasteiger partial charge in [-0.25, -0.2) is 9.82 Å². The quantitative estimate of drug-likeness (QED) is 0.332. The van der Waals surface area contributed by atoms with Crippen molar-refractivity contribution in [3.63, 3.8) is 0 Å². The number of hydrogen-bond acceptors (Lipinski definition) is 5. The molecule has 0 saturated carbocycles. The number of carbonyl (C=O) groups excluding carboxylic acids is 2. The lowest BCUT2D eigenvalue weighted by Crippen LogP contribution is -2.29. The lowest BCUT2D eigenvalue weighted by atomic mass is 10.2. The Morgan fingerprint density at radius 2 is 1.82 bits per heavy atom. The summed E-state index contributed by atoms with van der Waals surface area (Å²) in [6.07, 6.45) is 1.44. The maximum Gasteiger partial charge on any atom is 0.254 e. The van der Waals surface area contributed by atoms with Crippen molar-refractivity contribution in [3.8, 4) is 11.5 Å². The topological polar surface area (TPSA) is 89.0 Å². The van der Waals surface area contributed by atoms with E-state index in [9.17, 15) is 14.0 Å². The molecule has 2 amide bonds. The summed E-state index contributed by atoms with van der Waals surface area (Å²) in [5.41, 5.74) is 3.95. The number of ether oxygens (including phenoxy) is 2. The summed E-state index contributed by atoms with van der Waals surface area (Å²) in [4.78, 5) is 23.9. The van der Waals surface area contributed by atoms with Gasteiger partial charge in [-0.05, 0) is 53.6 Å². The fourth-order valence-corrected chi connectivity index (χ4v) is 3.02. The number of rotatable bonds is 10.